The van der Waals surface area contributed by atoms with Crippen LogP contribution in [0, 0.1) is 10.8 Å². The lowest BCUT2D eigenvalue weighted by atomic mass is 9.62. The SMILES string of the molecule is CC1(C)CC(NC=C=O)CC(C)(CN=C=O)C1. The van der Waals surface area contributed by atoms with Crippen molar-refractivity contribution in [3.8, 4) is 0 Å². The number of nitrogens with zero attached hydrogens (tertiary/aromatic N) is 1. The maximum Gasteiger partial charge on any atom is 0.234 e. The normalized spacial score (nSPS) is 30.9. The van der Waals surface area contributed by atoms with Crippen molar-refractivity contribution in [3.63, 3.8) is 0 Å². The second-order valence-corrected chi connectivity index (χ2v) is 6.09. The fraction of sp³-hybridized carbons (Fsp3) is 0.769. The Morgan fingerprint density at radius 3 is 2.65 bits per heavy atom. The summed E-state index contributed by atoms with van der Waals surface area (Å²) in [5.41, 5.74) is 0.174. The van der Waals surface area contributed by atoms with E-state index in [2.05, 4.69) is 31.1 Å². The summed E-state index contributed by atoms with van der Waals surface area (Å²) in [6.07, 6.45) is 5.87. The molecule has 0 aromatic rings. The first-order valence-corrected chi connectivity index (χ1v) is 5.90. The van der Waals surface area contributed by atoms with Gasteiger partial charge < -0.3 is 5.32 Å². The minimum Gasteiger partial charge on any atom is -0.379 e. The fourth-order valence-electron chi connectivity index (χ4n) is 3.25. The number of hydrogen-bond donors (Lipinski definition) is 1. The molecule has 0 aliphatic heterocycles. The summed E-state index contributed by atoms with van der Waals surface area (Å²) in [5, 5.41) is 3.07. The molecule has 2 unspecified atom stereocenters. The van der Waals surface area contributed by atoms with E-state index in [0.29, 0.717) is 6.54 Å². The predicted molar refractivity (Wildman–Crippen MR) is 65.9 cm³/mol. The second-order valence-electron chi connectivity index (χ2n) is 6.09. The van der Waals surface area contributed by atoms with E-state index in [-0.39, 0.29) is 16.9 Å². The van der Waals surface area contributed by atoms with Crippen molar-refractivity contribution in [1.82, 2.24) is 5.32 Å². The maximum atomic E-state index is 10.2. The highest BCUT2D eigenvalue weighted by Crippen LogP contribution is 2.46. The molecule has 2 atom stereocenters. The van der Waals surface area contributed by atoms with Crippen molar-refractivity contribution in [2.75, 3.05) is 6.54 Å². The van der Waals surface area contributed by atoms with Gasteiger partial charge >= 0.3 is 0 Å². The molecule has 1 rings (SSSR count). The molecule has 94 valence electrons. The van der Waals surface area contributed by atoms with Crippen LogP contribution in [0.2, 0.25) is 0 Å². The Bertz CT molecular complexity index is 366. The summed E-state index contributed by atoms with van der Waals surface area (Å²) in [7, 11) is 0. The summed E-state index contributed by atoms with van der Waals surface area (Å²) >= 11 is 0. The number of aliphatic imine (C=N–C) groups is 1. The summed E-state index contributed by atoms with van der Waals surface area (Å²) in [6, 6.07) is 0.243. The Morgan fingerprint density at radius 1 is 1.35 bits per heavy atom. The van der Waals surface area contributed by atoms with E-state index < -0.39 is 0 Å². The molecule has 0 saturated heterocycles. The number of nitrogens with one attached hydrogen (secondary N) is 1. The molecule has 0 aromatic carbocycles. The highest BCUT2D eigenvalue weighted by atomic mass is 16.1. The van der Waals surface area contributed by atoms with Crippen molar-refractivity contribution >= 4 is 12.0 Å². The first-order valence-electron chi connectivity index (χ1n) is 5.90. The van der Waals surface area contributed by atoms with Gasteiger partial charge in [-0.15, -0.1) is 0 Å². The van der Waals surface area contributed by atoms with Crippen LogP contribution in [-0.4, -0.2) is 24.6 Å². The van der Waals surface area contributed by atoms with E-state index in [4.69, 9.17) is 0 Å². The lowest BCUT2D eigenvalue weighted by Gasteiger charge is -2.45. The highest BCUT2D eigenvalue weighted by molar-refractivity contribution is 5.44. The average molecular weight is 236 g/mol. The van der Waals surface area contributed by atoms with Crippen molar-refractivity contribution in [3.05, 3.63) is 6.20 Å². The molecule has 1 aliphatic carbocycles. The van der Waals surface area contributed by atoms with Gasteiger partial charge in [-0.3, -0.25) is 0 Å². The van der Waals surface area contributed by atoms with Crippen LogP contribution in [0.5, 0.6) is 0 Å². The molecule has 0 spiro atoms. The zero-order valence-electron chi connectivity index (χ0n) is 10.7. The predicted octanol–water partition coefficient (Wildman–Crippen LogP) is 1.84. The van der Waals surface area contributed by atoms with Gasteiger partial charge in [0.15, 0.2) is 0 Å². The summed E-state index contributed by atoms with van der Waals surface area (Å²) in [4.78, 5) is 24.2. The van der Waals surface area contributed by atoms with Gasteiger partial charge in [-0.2, -0.15) is 0 Å². The van der Waals surface area contributed by atoms with Crippen LogP contribution in [0.4, 0.5) is 0 Å². The molecule has 4 heteroatoms. The van der Waals surface area contributed by atoms with E-state index >= 15 is 0 Å². The minimum atomic E-state index is -0.00640. The molecular weight excluding hydrogens is 216 g/mol. The zero-order chi connectivity index (χ0) is 12.9. The molecule has 0 heterocycles. The average Bonchev–Trinajstić information content (AvgIpc) is 2.21. The summed E-state index contributed by atoms with van der Waals surface area (Å²) in [5.74, 6) is 1.74. The first kappa shape index (κ1) is 13.7. The third kappa shape index (κ3) is 4.18. The highest BCUT2D eigenvalue weighted by Gasteiger charge is 2.40. The molecule has 0 radical (unpaired) electrons. The molecule has 0 amide bonds. The molecule has 0 bridgehead atoms. The Morgan fingerprint density at radius 2 is 2.06 bits per heavy atom. The third-order valence-electron chi connectivity index (χ3n) is 3.35. The molecular formula is C13H20N2O2. The number of hydrogen-bond acceptors (Lipinski definition) is 4. The lowest BCUT2D eigenvalue weighted by molar-refractivity contribution is 0.0825. The van der Waals surface area contributed by atoms with Crippen LogP contribution < -0.4 is 5.32 Å². The number of carbonyl (C=O) groups excluding carboxylic acids is 2. The monoisotopic (exact) mass is 236 g/mol. The van der Waals surface area contributed by atoms with Crippen LogP contribution in [0.25, 0.3) is 0 Å². The Hall–Kier alpha value is -1.37. The van der Waals surface area contributed by atoms with Gasteiger partial charge in [0, 0.05) is 6.04 Å². The fourth-order valence-corrected chi connectivity index (χ4v) is 3.25. The van der Waals surface area contributed by atoms with Gasteiger partial charge in [0.05, 0.1) is 12.7 Å². The third-order valence-corrected chi connectivity index (χ3v) is 3.35. The quantitative estimate of drug-likeness (QED) is 0.460. The molecule has 0 aromatic heterocycles. The van der Waals surface area contributed by atoms with Crippen molar-refractivity contribution in [2.45, 2.75) is 46.1 Å². The Balaban J connectivity index is 2.78. The van der Waals surface area contributed by atoms with Crippen LogP contribution in [0.15, 0.2) is 11.2 Å². The van der Waals surface area contributed by atoms with Crippen molar-refractivity contribution in [1.29, 1.82) is 0 Å². The molecule has 1 fully saturated rings. The van der Waals surface area contributed by atoms with Gasteiger partial charge in [0.1, 0.15) is 5.94 Å². The molecule has 1 saturated carbocycles. The van der Waals surface area contributed by atoms with Gasteiger partial charge in [-0.25, -0.2) is 14.6 Å². The van der Waals surface area contributed by atoms with E-state index in [1.807, 2.05) is 0 Å². The van der Waals surface area contributed by atoms with E-state index in [1.165, 1.54) is 6.20 Å². The summed E-state index contributed by atoms with van der Waals surface area (Å²) < 4.78 is 0. The van der Waals surface area contributed by atoms with Crippen LogP contribution in [-0.2, 0) is 9.59 Å². The minimum absolute atomic E-state index is 0.00640. The molecule has 1 aliphatic rings. The van der Waals surface area contributed by atoms with Gasteiger partial charge in [0.25, 0.3) is 0 Å². The second kappa shape index (κ2) is 5.31. The van der Waals surface area contributed by atoms with Gasteiger partial charge in [-0.1, -0.05) is 20.8 Å². The maximum absolute atomic E-state index is 10.2. The first-order chi connectivity index (χ1) is 7.91. The van der Waals surface area contributed by atoms with Crippen LogP contribution in [0.3, 0.4) is 0 Å². The standard InChI is InChI=1S/C13H20N2O2/c1-12(2)6-11(15-4-5-16)7-13(3,8-12)9-14-10-17/h4,11,15H,6-9H2,1-3H3. The van der Waals surface area contributed by atoms with Crippen molar-refractivity contribution < 1.29 is 9.59 Å². The van der Waals surface area contributed by atoms with E-state index in [9.17, 15) is 9.59 Å². The van der Waals surface area contributed by atoms with Crippen LogP contribution >= 0.6 is 0 Å². The van der Waals surface area contributed by atoms with Gasteiger partial charge in [0.2, 0.25) is 6.08 Å². The smallest absolute Gasteiger partial charge is 0.234 e. The van der Waals surface area contributed by atoms with Gasteiger partial charge in [-0.05, 0) is 30.1 Å². The van der Waals surface area contributed by atoms with E-state index in [0.717, 1.165) is 19.3 Å². The zero-order valence-corrected chi connectivity index (χ0v) is 10.7. The summed E-state index contributed by atoms with van der Waals surface area (Å²) in [6.45, 7) is 7.04. The Kier molecular flexibility index (Phi) is 4.28. The van der Waals surface area contributed by atoms with Crippen LogP contribution in [0.1, 0.15) is 40.0 Å². The molecule has 1 N–H and O–H groups in total. The molecule has 17 heavy (non-hydrogen) atoms. The topological polar surface area (TPSA) is 58.5 Å². The number of isocyanates is 1. The molecule has 4 nitrogen and oxygen atoms in total. The van der Waals surface area contributed by atoms with Crippen molar-refractivity contribution in [2.24, 2.45) is 15.8 Å². The number of rotatable bonds is 4. The largest absolute Gasteiger partial charge is 0.379 e. The lowest BCUT2D eigenvalue weighted by Crippen LogP contribution is -2.44. The Labute approximate surface area is 102 Å². The van der Waals surface area contributed by atoms with E-state index in [1.54, 1.807) is 12.0 Å².